The molecule has 1 heterocycles. The van der Waals surface area contributed by atoms with Gasteiger partial charge in [0.25, 0.3) is 0 Å². The second-order valence-electron chi connectivity index (χ2n) is 5.57. The molecule has 0 aliphatic heterocycles. The highest BCUT2D eigenvalue weighted by Crippen LogP contribution is 2.26. The molecule has 0 fully saturated rings. The largest absolute Gasteiger partial charge is 0.501 e. The molecule has 7 heteroatoms. The second-order valence-corrected chi connectivity index (χ2v) is 6.62. The molecule has 1 aromatic heterocycles. The van der Waals surface area contributed by atoms with Crippen LogP contribution in [0.2, 0.25) is 0 Å². The van der Waals surface area contributed by atoms with Crippen molar-refractivity contribution in [1.82, 2.24) is 4.98 Å². The maximum atomic E-state index is 5.92. The molecule has 4 N–H and O–H groups in total. The van der Waals surface area contributed by atoms with E-state index in [2.05, 4.69) is 18.1 Å². The van der Waals surface area contributed by atoms with Crippen LogP contribution >= 0.6 is 11.8 Å². The van der Waals surface area contributed by atoms with Crippen LogP contribution in [0.1, 0.15) is 13.8 Å². The van der Waals surface area contributed by atoms with Gasteiger partial charge in [-0.15, -0.1) is 11.8 Å². The van der Waals surface area contributed by atoms with Crippen molar-refractivity contribution in [1.29, 1.82) is 0 Å². The number of hydrogen-bond acceptors (Lipinski definition) is 7. The predicted molar refractivity (Wildman–Crippen MR) is 122 cm³/mol. The van der Waals surface area contributed by atoms with Gasteiger partial charge >= 0.3 is 0 Å². The molecule has 1 rings (SSSR count). The lowest BCUT2D eigenvalue weighted by molar-refractivity contribution is 0.294. The lowest BCUT2D eigenvalue weighted by atomic mass is 10.2. The SMILES string of the molecule is C=C(/C=C\C(=C/C)CSc1cnc(N(C)N)c(N)c1)OC.C=C/C=C(\C)OC. The zero-order chi connectivity index (χ0) is 21.5. The summed E-state index contributed by atoms with van der Waals surface area (Å²) >= 11 is 1.66. The number of methoxy groups -OCH3 is 2. The third kappa shape index (κ3) is 10.5. The van der Waals surface area contributed by atoms with E-state index >= 15 is 0 Å². The molecule has 0 aliphatic carbocycles. The van der Waals surface area contributed by atoms with E-state index in [0.29, 0.717) is 17.3 Å². The average Bonchev–Trinajstić information content (AvgIpc) is 2.68. The Morgan fingerprint density at radius 2 is 2.00 bits per heavy atom. The van der Waals surface area contributed by atoms with Crippen LogP contribution in [-0.4, -0.2) is 32.0 Å². The number of rotatable bonds is 9. The molecular weight excluding hydrogens is 372 g/mol. The van der Waals surface area contributed by atoms with Crippen molar-refractivity contribution in [3.05, 3.63) is 72.9 Å². The lowest BCUT2D eigenvalue weighted by Crippen LogP contribution is -2.27. The topological polar surface area (TPSA) is 86.6 Å². The van der Waals surface area contributed by atoms with E-state index in [1.54, 1.807) is 51.4 Å². The fourth-order valence-corrected chi connectivity index (χ4v) is 2.66. The van der Waals surface area contributed by atoms with Crippen LogP contribution in [0.3, 0.4) is 0 Å². The number of hydrogen-bond donors (Lipinski definition) is 2. The third-order valence-electron chi connectivity index (χ3n) is 3.40. The molecule has 0 saturated heterocycles. The monoisotopic (exact) mass is 404 g/mol. The van der Waals surface area contributed by atoms with Crippen molar-refractivity contribution in [2.45, 2.75) is 18.7 Å². The van der Waals surface area contributed by atoms with Crippen LogP contribution < -0.4 is 16.6 Å². The summed E-state index contributed by atoms with van der Waals surface area (Å²) in [6.07, 6.45) is 11.1. The van der Waals surface area contributed by atoms with E-state index in [0.717, 1.165) is 22.0 Å². The van der Waals surface area contributed by atoms with E-state index in [9.17, 15) is 0 Å². The standard InChI is InChI=1S/C15H22N4OS.C6H10O/c1-5-12(7-6-11(2)20-4)10-21-13-8-14(16)15(18-9-13)19(3)17;1-4-5-6(2)7-3/h5-9H,2,10,16-17H2,1,3-4H3;4-5H,1H2,2-3H3/b7-6-,12-5+;6-5+. The Labute approximate surface area is 173 Å². The smallest absolute Gasteiger partial charge is 0.165 e. The molecule has 154 valence electrons. The van der Waals surface area contributed by atoms with Gasteiger partial charge in [-0.25, -0.2) is 10.8 Å². The zero-order valence-corrected chi connectivity index (χ0v) is 18.3. The summed E-state index contributed by atoms with van der Waals surface area (Å²) in [6, 6.07) is 1.88. The van der Waals surface area contributed by atoms with E-state index in [1.807, 2.05) is 38.1 Å². The number of nitrogens with two attached hydrogens (primary N) is 2. The van der Waals surface area contributed by atoms with Gasteiger partial charge in [0.15, 0.2) is 5.82 Å². The van der Waals surface area contributed by atoms with Crippen molar-refractivity contribution in [2.24, 2.45) is 5.84 Å². The quantitative estimate of drug-likeness (QED) is 0.207. The van der Waals surface area contributed by atoms with Crippen LogP contribution in [0.4, 0.5) is 11.5 Å². The first-order valence-corrected chi connectivity index (χ1v) is 9.53. The molecule has 6 nitrogen and oxygen atoms in total. The minimum atomic E-state index is 0.565. The number of nitrogen functional groups attached to an aromatic ring is 1. The number of hydrazine groups is 1. The highest BCUT2D eigenvalue weighted by molar-refractivity contribution is 7.99. The molecule has 0 unspecified atom stereocenters. The number of anilines is 2. The van der Waals surface area contributed by atoms with Crippen molar-refractivity contribution >= 4 is 23.3 Å². The molecule has 0 aliphatic rings. The summed E-state index contributed by atoms with van der Waals surface area (Å²) in [5, 5.41) is 1.40. The molecule has 0 aromatic carbocycles. The van der Waals surface area contributed by atoms with Gasteiger partial charge in [0.2, 0.25) is 0 Å². The number of pyridine rings is 1. The van der Waals surface area contributed by atoms with E-state index < -0.39 is 0 Å². The summed E-state index contributed by atoms with van der Waals surface area (Å²) in [5.74, 6) is 8.52. The summed E-state index contributed by atoms with van der Waals surface area (Å²) < 4.78 is 9.78. The summed E-state index contributed by atoms with van der Waals surface area (Å²) in [4.78, 5) is 5.25. The van der Waals surface area contributed by atoms with Gasteiger partial charge in [0.1, 0.15) is 5.76 Å². The van der Waals surface area contributed by atoms with Crippen LogP contribution in [0.25, 0.3) is 0 Å². The molecule has 0 spiro atoms. The first-order valence-electron chi connectivity index (χ1n) is 8.55. The Hall–Kier alpha value is -2.64. The third-order valence-corrected chi connectivity index (χ3v) is 4.43. The normalized spacial score (nSPS) is 11.5. The first kappa shape index (κ1) is 25.4. The van der Waals surface area contributed by atoms with Crippen LogP contribution in [0, 0.1) is 0 Å². The molecule has 0 radical (unpaired) electrons. The molecule has 28 heavy (non-hydrogen) atoms. The Kier molecular flexibility index (Phi) is 13.1. The zero-order valence-electron chi connectivity index (χ0n) is 17.4. The Morgan fingerprint density at radius 3 is 2.43 bits per heavy atom. The Bertz CT molecular complexity index is 725. The van der Waals surface area contributed by atoms with Crippen molar-refractivity contribution in [3.63, 3.8) is 0 Å². The number of nitrogens with zero attached hydrogens (tertiary/aromatic N) is 2. The second kappa shape index (κ2) is 14.4. The van der Waals surface area contributed by atoms with Crippen LogP contribution in [0.15, 0.2) is 77.8 Å². The van der Waals surface area contributed by atoms with E-state index in [4.69, 9.17) is 21.1 Å². The molecular formula is C21H32N4O2S. The first-order chi connectivity index (χ1) is 13.3. The highest BCUT2D eigenvalue weighted by atomic mass is 32.2. The van der Waals surface area contributed by atoms with Gasteiger partial charge in [-0.2, -0.15) is 0 Å². The minimum absolute atomic E-state index is 0.565. The van der Waals surface area contributed by atoms with E-state index in [-0.39, 0.29) is 0 Å². The summed E-state index contributed by atoms with van der Waals surface area (Å²) in [6.45, 7) is 11.1. The summed E-state index contributed by atoms with van der Waals surface area (Å²) in [7, 11) is 4.94. The van der Waals surface area contributed by atoms with Gasteiger partial charge in [0, 0.05) is 23.9 Å². The van der Waals surface area contributed by atoms with Crippen LogP contribution in [-0.2, 0) is 9.47 Å². The van der Waals surface area contributed by atoms with Crippen molar-refractivity contribution in [2.75, 3.05) is 37.8 Å². The molecule has 0 atom stereocenters. The maximum absolute atomic E-state index is 5.92. The average molecular weight is 405 g/mol. The molecule has 0 bridgehead atoms. The van der Waals surface area contributed by atoms with Crippen molar-refractivity contribution < 1.29 is 9.47 Å². The minimum Gasteiger partial charge on any atom is -0.501 e. The fourth-order valence-electron chi connectivity index (χ4n) is 1.72. The van der Waals surface area contributed by atoms with Crippen molar-refractivity contribution in [3.8, 4) is 0 Å². The lowest BCUT2D eigenvalue weighted by Gasteiger charge is -2.13. The van der Waals surface area contributed by atoms with Gasteiger partial charge in [-0.1, -0.05) is 31.4 Å². The predicted octanol–water partition coefficient (Wildman–Crippen LogP) is 4.45. The highest BCUT2D eigenvalue weighted by Gasteiger charge is 2.05. The molecule has 0 saturated carbocycles. The Balaban J connectivity index is 0.000000887. The number of aromatic nitrogens is 1. The molecule has 0 amide bonds. The van der Waals surface area contributed by atoms with E-state index in [1.165, 1.54) is 5.01 Å². The van der Waals surface area contributed by atoms with Gasteiger partial charge in [-0.3, -0.25) is 5.01 Å². The number of thioether (sulfide) groups is 1. The van der Waals surface area contributed by atoms with Gasteiger partial charge in [-0.05, 0) is 37.6 Å². The van der Waals surface area contributed by atoms with Gasteiger partial charge < -0.3 is 15.2 Å². The Morgan fingerprint density at radius 1 is 1.32 bits per heavy atom. The van der Waals surface area contributed by atoms with Crippen LogP contribution in [0.5, 0.6) is 0 Å². The summed E-state index contributed by atoms with van der Waals surface area (Å²) in [5.41, 5.74) is 7.65. The number of allylic oxidation sites excluding steroid dienone is 6. The maximum Gasteiger partial charge on any atom is 0.165 e. The molecule has 1 aromatic rings. The van der Waals surface area contributed by atoms with Gasteiger partial charge in [0.05, 0.1) is 25.7 Å². The number of ether oxygens (including phenoxy) is 2. The fraction of sp³-hybridized carbons (Fsp3) is 0.286.